The molecule has 3 rings (SSSR count). The zero-order valence-corrected chi connectivity index (χ0v) is 12.0. The highest BCUT2D eigenvalue weighted by molar-refractivity contribution is 5.78. The number of hydrogen-bond acceptors (Lipinski definition) is 4. The maximum Gasteiger partial charge on any atom is 0.136 e. The summed E-state index contributed by atoms with van der Waals surface area (Å²) < 4.78 is 11.2. The number of fused-ring (bicyclic) bond motifs is 1. The Morgan fingerprint density at radius 1 is 1.40 bits per heavy atom. The third-order valence-electron chi connectivity index (χ3n) is 3.84. The number of rotatable bonds is 3. The SMILES string of the molecule is Cc1ccc2oc(C(C)(O)CC3COCCN3)cc2c1. The first-order valence-electron chi connectivity index (χ1n) is 7.09. The summed E-state index contributed by atoms with van der Waals surface area (Å²) in [5.41, 5.74) is 1.01. The van der Waals surface area contributed by atoms with Gasteiger partial charge in [-0.25, -0.2) is 0 Å². The number of aliphatic hydroxyl groups is 1. The molecule has 0 radical (unpaired) electrons. The molecule has 108 valence electrons. The van der Waals surface area contributed by atoms with Crippen LogP contribution in [0.2, 0.25) is 0 Å². The quantitative estimate of drug-likeness (QED) is 0.902. The molecule has 2 aromatic rings. The van der Waals surface area contributed by atoms with Crippen LogP contribution in [0.3, 0.4) is 0 Å². The maximum atomic E-state index is 10.7. The Labute approximate surface area is 118 Å². The molecule has 1 saturated heterocycles. The monoisotopic (exact) mass is 275 g/mol. The van der Waals surface area contributed by atoms with E-state index in [0.717, 1.165) is 24.1 Å². The van der Waals surface area contributed by atoms with E-state index in [0.29, 0.717) is 18.8 Å². The van der Waals surface area contributed by atoms with E-state index in [4.69, 9.17) is 9.15 Å². The molecule has 1 aromatic carbocycles. The Kier molecular flexibility index (Phi) is 3.54. The lowest BCUT2D eigenvalue weighted by Crippen LogP contribution is -2.45. The first-order chi connectivity index (χ1) is 9.54. The summed E-state index contributed by atoms with van der Waals surface area (Å²) in [6.45, 7) is 6.06. The second-order valence-corrected chi connectivity index (χ2v) is 5.86. The van der Waals surface area contributed by atoms with Crippen LogP contribution in [-0.2, 0) is 10.3 Å². The number of aryl methyl sites for hydroxylation is 1. The van der Waals surface area contributed by atoms with Gasteiger partial charge in [-0.15, -0.1) is 0 Å². The van der Waals surface area contributed by atoms with Gasteiger partial charge in [0.2, 0.25) is 0 Å². The van der Waals surface area contributed by atoms with E-state index in [-0.39, 0.29) is 6.04 Å². The van der Waals surface area contributed by atoms with Crippen LogP contribution >= 0.6 is 0 Å². The van der Waals surface area contributed by atoms with Gasteiger partial charge in [-0.1, -0.05) is 11.6 Å². The highest BCUT2D eigenvalue weighted by Crippen LogP contribution is 2.32. The molecular formula is C16H21NO3. The first-order valence-corrected chi connectivity index (χ1v) is 7.09. The van der Waals surface area contributed by atoms with Gasteiger partial charge in [-0.3, -0.25) is 0 Å². The number of ether oxygens (including phenoxy) is 1. The van der Waals surface area contributed by atoms with Crippen molar-refractivity contribution in [3.63, 3.8) is 0 Å². The highest BCUT2D eigenvalue weighted by atomic mass is 16.5. The smallest absolute Gasteiger partial charge is 0.136 e. The van der Waals surface area contributed by atoms with E-state index in [1.54, 1.807) is 6.92 Å². The Morgan fingerprint density at radius 3 is 3.00 bits per heavy atom. The largest absolute Gasteiger partial charge is 0.458 e. The van der Waals surface area contributed by atoms with Crippen molar-refractivity contribution in [1.29, 1.82) is 0 Å². The van der Waals surface area contributed by atoms with Crippen molar-refractivity contribution in [2.24, 2.45) is 0 Å². The summed E-state index contributed by atoms with van der Waals surface area (Å²) in [5.74, 6) is 0.616. The molecular weight excluding hydrogens is 254 g/mol. The molecule has 1 aromatic heterocycles. The summed E-state index contributed by atoms with van der Waals surface area (Å²) >= 11 is 0. The molecule has 1 aliphatic heterocycles. The molecule has 2 heterocycles. The molecule has 1 aliphatic rings. The van der Waals surface area contributed by atoms with Crippen LogP contribution in [0, 0.1) is 6.92 Å². The van der Waals surface area contributed by atoms with Gasteiger partial charge in [-0.05, 0) is 32.0 Å². The number of hydrogen-bond donors (Lipinski definition) is 2. The van der Waals surface area contributed by atoms with Gasteiger partial charge in [0.15, 0.2) is 0 Å². The zero-order chi connectivity index (χ0) is 14.2. The van der Waals surface area contributed by atoms with Gasteiger partial charge < -0.3 is 19.6 Å². The Bertz CT molecular complexity index is 597. The molecule has 0 aliphatic carbocycles. The molecule has 4 heteroatoms. The van der Waals surface area contributed by atoms with Gasteiger partial charge in [0.1, 0.15) is 16.9 Å². The van der Waals surface area contributed by atoms with E-state index in [1.165, 1.54) is 5.56 Å². The van der Waals surface area contributed by atoms with E-state index in [9.17, 15) is 5.11 Å². The minimum Gasteiger partial charge on any atom is -0.458 e. The molecule has 4 nitrogen and oxygen atoms in total. The fourth-order valence-corrected chi connectivity index (χ4v) is 2.76. The Hall–Kier alpha value is -1.36. The topological polar surface area (TPSA) is 54.6 Å². The molecule has 0 spiro atoms. The molecule has 1 fully saturated rings. The zero-order valence-electron chi connectivity index (χ0n) is 12.0. The van der Waals surface area contributed by atoms with Crippen LogP contribution in [-0.4, -0.2) is 30.9 Å². The summed E-state index contributed by atoms with van der Waals surface area (Å²) in [5, 5.41) is 15.1. The Morgan fingerprint density at radius 2 is 2.25 bits per heavy atom. The molecule has 2 unspecified atom stereocenters. The normalized spacial score (nSPS) is 22.9. The predicted molar refractivity (Wildman–Crippen MR) is 77.7 cm³/mol. The average molecular weight is 275 g/mol. The summed E-state index contributed by atoms with van der Waals surface area (Å²) in [6.07, 6.45) is 0.575. The van der Waals surface area contributed by atoms with Crippen LogP contribution in [0.1, 0.15) is 24.7 Å². The third kappa shape index (κ3) is 2.73. The van der Waals surface area contributed by atoms with Gasteiger partial charge in [0.25, 0.3) is 0 Å². The van der Waals surface area contributed by atoms with Crippen LogP contribution in [0.5, 0.6) is 0 Å². The van der Waals surface area contributed by atoms with Crippen LogP contribution < -0.4 is 5.32 Å². The van der Waals surface area contributed by atoms with E-state index in [1.807, 2.05) is 25.1 Å². The lowest BCUT2D eigenvalue weighted by molar-refractivity contribution is -0.00957. The third-order valence-corrected chi connectivity index (χ3v) is 3.84. The lowest BCUT2D eigenvalue weighted by atomic mass is 9.94. The minimum absolute atomic E-state index is 0.161. The second-order valence-electron chi connectivity index (χ2n) is 5.86. The first kappa shape index (κ1) is 13.6. The van der Waals surface area contributed by atoms with Gasteiger partial charge in [0.05, 0.1) is 13.2 Å². The Balaban J connectivity index is 1.83. The minimum atomic E-state index is -0.995. The fourth-order valence-electron chi connectivity index (χ4n) is 2.76. The predicted octanol–water partition coefficient (Wildman–Crippen LogP) is 2.33. The highest BCUT2D eigenvalue weighted by Gasteiger charge is 2.31. The van der Waals surface area contributed by atoms with Crippen molar-refractivity contribution in [3.8, 4) is 0 Å². The molecule has 20 heavy (non-hydrogen) atoms. The number of furan rings is 1. The average Bonchev–Trinajstić information content (AvgIpc) is 2.83. The number of benzene rings is 1. The molecule has 2 N–H and O–H groups in total. The van der Waals surface area contributed by atoms with Crippen LogP contribution in [0.4, 0.5) is 0 Å². The molecule has 0 amide bonds. The van der Waals surface area contributed by atoms with E-state index >= 15 is 0 Å². The lowest BCUT2D eigenvalue weighted by Gasteiger charge is -2.30. The second kappa shape index (κ2) is 5.20. The summed E-state index contributed by atoms with van der Waals surface area (Å²) in [4.78, 5) is 0. The molecule has 0 bridgehead atoms. The van der Waals surface area contributed by atoms with E-state index < -0.39 is 5.60 Å². The van der Waals surface area contributed by atoms with E-state index in [2.05, 4.69) is 11.4 Å². The van der Waals surface area contributed by atoms with Crippen LogP contribution in [0.15, 0.2) is 28.7 Å². The van der Waals surface area contributed by atoms with Crippen molar-refractivity contribution in [2.75, 3.05) is 19.8 Å². The van der Waals surface area contributed by atoms with Crippen molar-refractivity contribution in [2.45, 2.75) is 31.9 Å². The fraction of sp³-hybridized carbons (Fsp3) is 0.500. The van der Waals surface area contributed by atoms with Crippen molar-refractivity contribution >= 4 is 11.0 Å². The number of nitrogens with one attached hydrogen (secondary N) is 1. The van der Waals surface area contributed by atoms with Crippen molar-refractivity contribution in [1.82, 2.24) is 5.32 Å². The standard InChI is InChI=1S/C16H21NO3/c1-11-3-4-14-12(7-11)8-15(20-14)16(2,18)9-13-10-19-6-5-17-13/h3-4,7-8,13,17-18H,5-6,9-10H2,1-2H3. The maximum absolute atomic E-state index is 10.7. The number of morpholine rings is 1. The van der Waals surface area contributed by atoms with Crippen molar-refractivity contribution < 1.29 is 14.3 Å². The molecule has 2 atom stereocenters. The van der Waals surface area contributed by atoms with Crippen molar-refractivity contribution in [3.05, 3.63) is 35.6 Å². The van der Waals surface area contributed by atoms with Gasteiger partial charge >= 0.3 is 0 Å². The van der Waals surface area contributed by atoms with Crippen LogP contribution in [0.25, 0.3) is 11.0 Å². The summed E-state index contributed by atoms with van der Waals surface area (Å²) in [7, 11) is 0. The van der Waals surface area contributed by atoms with Gasteiger partial charge in [0, 0.05) is 24.4 Å². The summed E-state index contributed by atoms with van der Waals surface area (Å²) in [6, 6.07) is 8.13. The van der Waals surface area contributed by atoms with Gasteiger partial charge in [-0.2, -0.15) is 0 Å². The molecule has 0 saturated carbocycles.